The van der Waals surface area contributed by atoms with Crippen LogP contribution in [0.25, 0.3) is 0 Å². The fourth-order valence-corrected chi connectivity index (χ4v) is 6.73. The van der Waals surface area contributed by atoms with Crippen molar-refractivity contribution in [3.8, 4) is 0 Å². The third kappa shape index (κ3) is 3.31. The van der Waals surface area contributed by atoms with Gasteiger partial charge in [0.25, 0.3) is 5.91 Å². The molecule has 1 aromatic heterocycles. The Balaban J connectivity index is 1.55. The molecule has 2 atom stereocenters. The summed E-state index contributed by atoms with van der Waals surface area (Å²) < 4.78 is 31.1. The molecule has 0 bridgehead atoms. The Morgan fingerprint density at radius 3 is 2.81 bits per heavy atom. The third-order valence-electron chi connectivity index (χ3n) is 5.13. The van der Waals surface area contributed by atoms with E-state index < -0.39 is 21.2 Å². The second kappa shape index (κ2) is 7.13. The van der Waals surface area contributed by atoms with Gasteiger partial charge in [0, 0.05) is 18.0 Å². The number of rotatable bonds is 2. The Morgan fingerprint density at radius 1 is 1.15 bits per heavy atom. The number of sulfone groups is 1. The van der Waals surface area contributed by atoms with Gasteiger partial charge in [-0.25, -0.2) is 8.42 Å². The van der Waals surface area contributed by atoms with Crippen molar-refractivity contribution in [1.29, 1.82) is 0 Å². The van der Waals surface area contributed by atoms with Crippen LogP contribution in [0.1, 0.15) is 33.8 Å². The molecule has 1 aromatic carbocycles. The topological polar surface area (TPSA) is 63.7 Å². The Labute approximate surface area is 157 Å². The van der Waals surface area contributed by atoms with Gasteiger partial charge in [-0.05, 0) is 35.4 Å². The van der Waals surface area contributed by atoms with Gasteiger partial charge in [0.2, 0.25) is 0 Å². The number of benzene rings is 1. The van der Waals surface area contributed by atoms with Gasteiger partial charge in [0.1, 0.15) is 0 Å². The predicted molar refractivity (Wildman–Crippen MR) is 101 cm³/mol. The minimum Gasteiger partial charge on any atom is -0.363 e. The molecule has 138 valence electrons. The summed E-state index contributed by atoms with van der Waals surface area (Å²) in [6.07, 6.45) is 0.610. The molecule has 1 amide bonds. The van der Waals surface area contributed by atoms with E-state index in [0.717, 1.165) is 22.4 Å². The summed E-state index contributed by atoms with van der Waals surface area (Å²) in [5.41, 5.74) is 2.04. The van der Waals surface area contributed by atoms with Crippen LogP contribution in [-0.2, 0) is 25.8 Å². The van der Waals surface area contributed by atoms with Crippen LogP contribution in [0, 0.1) is 0 Å². The standard InChI is InChI=1S/C19H21NO4S2/c21-19(18-15-5-2-1-4-14(15)8-11-24-18)20-9-7-17(16-6-3-12-25-16)26(22,23)13-10-20/h1-6,12,17-18H,7-11,13H2. The number of ether oxygens (including phenoxy) is 1. The normalized spacial score (nSPS) is 25.3. The molecule has 2 aliphatic heterocycles. The van der Waals surface area contributed by atoms with Crippen LogP contribution in [0.2, 0.25) is 0 Å². The lowest BCUT2D eigenvalue weighted by atomic mass is 9.97. The van der Waals surface area contributed by atoms with E-state index in [1.54, 1.807) is 4.90 Å². The first kappa shape index (κ1) is 17.7. The van der Waals surface area contributed by atoms with Gasteiger partial charge in [0.05, 0.1) is 17.6 Å². The van der Waals surface area contributed by atoms with Crippen LogP contribution in [0.15, 0.2) is 41.8 Å². The van der Waals surface area contributed by atoms with Crippen molar-refractivity contribution in [1.82, 2.24) is 4.90 Å². The molecule has 3 heterocycles. The molecule has 5 nitrogen and oxygen atoms in total. The maximum Gasteiger partial charge on any atom is 0.256 e. The van der Waals surface area contributed by atoms with Gasteiger partial charge in [-0.3, -0.25) is 4.79 Å². The van der Waals surface area contributed by atoms with Crippen molar-refractivity contribution in [3.63, 3.8) is 0 Å². The van der Waals surface area contributed by atoms with E-state index in [2.05, 4.69) is 0 Å². The fraction of sp³-hybridized carbons (Fsp3) is 0.421. The summed E-state index contributed by atoms with van der Waals surface area (Å²) in [4.78, 5) is 15.6. The molecular weight excluding hydrogens is 370 g/mol. The first-order chi connectivity index (χ1) is 12.6. The second-order valence-corrected chi connectivity index (χ2v) is 9.97. The number of carbonyl (C=O) groups excluding carboxylic acids is 1. The predicted octanol–water partition coefficient (Wildman–Crippen LogP) is 2.75. The summed E-state index contributed by atoms with van der Waals surface area (Å²) in [6.45, 7) is 1.17. The Kier molecular flexibility index (Phi) is 4.86. The highest BCUT2D eigenvalue weighted by Crippen LogP contribution is 2.34. The van der Waals surface area contributed by atoms with E-state index in [9.17, 15) is 13.2 Å². The Bertz CT molecular complexity index is 892. The molecule has 7 heteroatoms. The molecule has 2 aromatic rings. The summed E-state index contributed by atoms with van der Waals surface area (Å²) in [6, 6.07) is 11.6. The van der Waals surface area contributed by atoms with Crippen LogP contribution in [0.3, 0.4) is 0 Å². The molecule has 0 N–H and O–H groups in total. The quantitative estimate of drug-likeness (QED) is 0.790. The summed E-state index contributed by atoms with van der Waals surface area (Å²) in [7, 11) is -3.26. The lowest BCUT2D eigenvalue weighted by Gasteiger charge is -2.30. The van der Waals surface area contributed by atoms with Crippen molar-refractivity contribution in [3.05, 3.63) is 57.8 Å². The van der Waals surface area contributed by atoms with Crippen molar-refractivity contribution >= 4 is 27.1 Å². The van der Waals surface area contributed by atoms with E-state index in [1.165, 1.54) is 11.3 Å². The smallest absolute Gasteiger partial charge is 0.256 e. The van der Waals surface area contributed by atoms with Crippen LogP contribution in [-0.4, -0.2) is 44.7 Å². The lowest BCUT2D eigenvalue weighted by molar-refractivity contribution is -0.144. The lowest BCUT2D eigenvalue weighted by Crippen LogP contribution is -2.39. The number of hydrogen-bond acceptors (Lipinski definition) is 5. The fourth-order valence-electron chi connectivity index (χ4n) is 3.72. The SMILES string of the molecule is O=C(C1OCCc2ccccc21)N1CCC(c2cccs2)S(=O)(=O)CC1. The average molecular weight is 392 g/mol. The summed E-state index contributed by atoms with van der Waals surface area (Å²) in [5.74, 6) is -0.130. The van der Waals surface area contributed by atoms with Gasteiger partial charge in [-0.15, -0.1) is 11.3 Å². The monoisotopic (exact) mass is 391 g/mol. The third-order valence-corrected chi connectivity index (χ3v) is 8.37. The Morgan fingerprint density at radius 2 is 2.00 bits per heavy atom. The van der Waals surface area contributed by atoms with Gasteiger partial charge in [-0.1, -0.05) is 30.3 Å². The van der Waals surface area contributed by atoms with E-state index in [0.29, 0.717) is 19.6 Å². The van der Waals surface area contributed by atoms with Crippen molar-refractivity contribution in [2.45, 2.75) is 24.2 Å². The minimum absolute atomic E-state index is 0.00429. The first-order valence-corrected chi connectivity index (χ1v) is 11.4. The average Bonchev–Trinajstić information content (AvgIpc) is 3.12. The molecule has 2 unspecified atom stereocenters. The van der Waals surface area contributed by atoms with Gasteiger partial charge >= 0.3 is 0 Å². The largest absolute Gasteiger partial charge is 0.363 e. The van der Waals surface area contributed by atoms with Gasteiger partial charge < -0.3 is 9.64 Å². The molecular formula is C19H21NO4S2. The van der Waals surface area contributed by atoms with E-state index in [4.69, 9.17) is 4.74 Å². The molecule has 0 aliphatic carbocycles. The highest BCUT2D eigenvalue weighted by molar-refractivity contribution is 7.91. The Hall–Kier alpha value is -1.70. The highest BCUT2D eigenvalue weighted by Gasteiger charge is 2.36. The summed E-state index contributed by atoms with van der Waals surface area (Å²) in [5, 5.41) is 1.38. The molecule has 0 spiro atoms. The van der Waals surface area contributed by atoms with Crippen LogP contribution in [0.4, 0.5) is 0 Å². The molecule has 2 aliphatic rings. The van der Waals surface area contributed by atoms with E-state index in [1.807, 2.05) is 41.8 Å². The number of fused-ring (bicyclic) bond motifs is 1. The van der Waals surface area contributed by atoms with Crippen molar-refractivity contribution < 1.29 is 17.9 Å². The summed E-state index contributed by atoms with van der Waals surface area (Å²) >= 11 is 1.46. The van der Waals surface area contributed by atoms with E-state index in [-0.39, 0.29) is 18.2 Å². The number of carbonyl (C=O) groups is 1. The first-order valence-electron chi connectivity index (χ1n) is 8.79. The minimum atomic E-state index is -3.26. The van der Waals surface area contributed by atoms with Crippen LogP contribution in [0.5, 0.6) is 0 Å². The van der Waals surface area contributed by atoms with Crippen molar-refractivity contribution in [2.24, 2.45) is 0 Å². The van der Waals surface area contributed by atoms with E-state index >= 15 is 0 Å². The zero-order valence-corrected chi connectivity index (χ0v) is 16.0. The van der Waals surface area contributed by atoms with Crippen molar-refractivity contribution in [2.75, 3.05) is 25.4 Å². The maximum atomic E-state index is 13.1. The number of thiophene rings is 1. The number of nitrogens with zero attached hydrogens (tertiary/aromatic N) is 1. The number of hydrogen-bond donors (Lipinski definition) is 0. The molecule has 1 fully saturated rings. The second-order valence-electron chi connectivity index (χ2n) is 6.68. The molecule has 0 radical (unpaired) electrons. The van der Waals surface area contributed by atoms with Gasteiger partial charge in [0.15, 0.2) is 15.9 Å². The number of amides is 1. The molecule has 1 saturated heterocycles. The zero-order valence-electron chi connectivity index (χ0n) is 14.3. The molecule has 26 heavy (non-hydrogen) atoms. The molecule has 4 rings (SSSR count). The molecule has 0 saturated carbocycles. The van der Waals surface area contributed by atoms with Crippen LogP contribution < -0.4 is 0 Å². The van der Waals surface area contributed by atoms with Crippen LogP contribution >= 0.6 is 11.3 Å². The maximum absolute atomic E-state index is 13.1. The zero-order chi connectivity index (χ0) is 18.1. The highest BCUT2D eigenvalue weighted by atomic mass is 32.2. The van der Waals surface area contributed by atoms with Gasteiger partial charge in [-0.2, -0.15) is 0 Å².